The highest BCUT2D eigenvalue weighted by atomic mass is 35.5. The Kier molecular flexibility index (Phi) is 3.46. The molecule has 1 nitrogen and oxygen atoms in total. The van der Waals surface area contributed by atoms with E-state index in [1.165, 1.54) is 12.1 Å². The monoisotopic (exact) mass is 269 g/mol. The number of halogens is 2. The average molecular weight is 270 g/mol. The first kappa shape index (κ1) is 13.8. The summed E-state index contributed by atoms with van der Waals surface area (Å²) in [5, 5.41) is 0.507. The minimum atomic E-state index is -0.289. The Balaban J connectivity index is 2.26. The van der Waals surface area contributed by atoms with E-state index in [1.807, 2.05) is 0 Å². The predicted molar refractivity (Wildman–Crippen MR) is 74.3 cm³/mol. The van der Waals surface area contributed by atoms with Crippen molar-refractivity contribution in [1.82, 2.24) is 0 Å². The van der Waals surface area contributed by atoms with Gasteiger partial charge in [0.05, 0.1) is 0 Å². The van der Waals surface area contributed by atoms with Crippen molar-refractivity contribution in [2.45, 2.75) is 39.0 Å². The molecule has 2 rings (SSSR count). The summed E-state index contributed by atoms with van der Waals surface area (Å²) in [5.74, 6) is 0.366. The van der Waals surface area contributed by atoms with Crippen molar-refractivity contribution in [3.05, 3.63) is 34.6 Å². The van der Waals surface area contributed by atoms with Crippen LogP contribution in [0.2, 0.25) is 5.02 Å². The Bertz CT molecular complexity index is 444. The zero-order chi connectivity index (χ0) is 13.6. The van der Waals surface area contributed by atoms with Gasteiger partial charge in [0.15, 0.2) is 0 Å². The first-order valence-electron chi connectivity index (χ1n) is 6.44. The van der Waals surface area contributed by atoms with Gasteiger partial charge in [-0.05, 0) is 41.9 Å². The number of nitrogens with two attached hydrogens (primary N) is 1. The maximum atomic E-state index is 13.1. The molecular formula is C15H21ClFN. The first-order valence-corrected chi connectivity index (χ1v) is 6.82. The Morgan fingerprint density at radius 2 is 2.00 bits per heavy atom. The largest absolute Gasteiger partial charge is 0.330 e. The Morgan fingerprint density at radius 3 is 2.44 bits per heavy atom. The minimum Gasteiger partial charge on any atom is -0.330 e. The van der Waals surface area contributed by atoms with E-state index in [0.717, 1.165) is 18.4 Å². The smallest absolute Gasteiger partial charge is 0.124 e. The molecule has 100 valence electrons. The molecule has 0 radical (unpaired) electrons. The van der Waals surface area contributed by atoms with Crippen molar-refractivity contribution >= 4 is 11.6 Å². The highest BCUT2D eigenvalue weighted by Gasteiger charge is 2.49. The third-order valence-electron chi connectivity index (χ3n) is 4.39. The predicted octanol–water partition coefficient (Wildman–Crippen LogP) is 4.13. The van der Waals surface area contributed by atoms with Crippen molar-refractivity contribution in [2.75, 3.05) is 6.54 Å². The van der Waals surface area contributed by atoms with Gasteiger partial charge in [0.2, 0.25) is 0 Å². The van der Waals surface area contributed by atoms with Crippen LogP contribution in [0.3, 0.4) is 0 Å². The average Bonchev–Trinajstić information content (AvgIpc) is 2.17. The minimum absolute atomic E-state index is 0.0528. The lowest BCUT2D eigenvalue weighted by Crippen LogP contribution is -2.51. The summed E-state index contributed by atoms with van der Waals surface area (Å²) < 4.78 is 13.1. The van der Waals surface area contributed by atoms with Crippen molar-refractivity contribution in [1.29, 1.82) is 0 Å². The van der Waals surface area contributed by atoms with Gasteiger partial charge in [-0.2, -0.15) is 0 Å². The van der Waals surface area contributed by atoms with Crippen LogP contribution >= 0.6 is 11.6 Å². The molecule has 0 spiro atoms. The van der Waals surface area contributed by atoms with Crippen molar-refractivity contribution in [2.24, 2.45) is 17.1 Å². The molecular weight excluding hydrogens is 249 g/mol. The molecule has 18 heavy (non-hydrogen) atoms. The fraction of sp³-hybridized carbons (Fsp3) is 0.600. The van der Waals surface area contributed by atoms with Gasteiger partial charge in [0, 0.05) is 17.0 Å². The standard InChI is InChI=1S/C15H21ClFN/c1-14(2,3)10-7-15(8-10,9-18)12-5-4-11(17)6-13(12)16/h4-6,10H,7-9,18H2,1-3H3. The maximum Gasteiger partial charge on any atom is 0.124 e. The molecule has 0 bridgehead atoms. The zero-order valence-electron chi connectivity index (χ0n) is 11.3. The van der Waals surface area contributed by atoms with E-state index in [0.29, 0.717) is 22.9 Å². The van der Waals surface area contributed by atoms with Gasteiger partial charge in [-0.25, -0.2) is 4.39 Å². The molecule has 1 aromatic carbocycles. The van der Waals surface area contributed by atoms with Crippen LogP contribution in [0.1, 0.15) is 39.2 Å². The van der Waals surface area contributed by atoms with Crippen molar-refractivity contribution in [3.63, 3.8) is 0 Å². The molecule has 1 fully saturated rings. The van der Waals surface area contributed by atoms with Gasteiger partial charge in [-0.1, -0.05) is 38.4 Å². The van der Waals surface area contributed by atoms with Crippen LogP contribution in [-0.2, 0) is 5.41 Å². The molecule has 1 aliphatic carbocycles. The summed E-state index contributed by atoms with van der Waals surface area (Å²) >= 11 is 6.17. The van der Waals surface area contributed by atoms with Crippen LogP contribution in [0.15, 0.2) is 18.2 Å². The molecule has 3 heteroatoms. The second-order valence-electron chi connectivity index (χ2n) is 6.58. The summed E-state index contributed by atoms with van der Waals surface area (Å²) in [6.45, 7) is 7.34. The number of benzene rings is 1. The third kappa shape index (κ3) is 2.28. The lowest BCUT2D eigenvalue weighted by Gasteiger charge is -2.53. The quantitative estimate of drug-likeness (QED) is 0.858. The topological polar surface area (TPSA) is 26.0 Å². The van der Waals surface area contributed by atoms with Crippen LogP contribution in [0, 0.1) is 17.2 Å². The molecule has 0 unspecified atom stereocenters. The molecule has 1 aliphatic rings. The Morgan fingerprint density at radius 1 is 1.39 bits per heavy atom. The zero-order valence-corrected chi connectivity index (χ0v) is 12.0. The van der Waals surface area contributed by atoms with E-state index in [1.54, 1.807) is 6.07 Å². The van der Waals surface area contributed by atoms with E-state index >= 15 is 0 Å². The lowest BCUT2D eigenvalue weighted by atomic mass is 9.52. The fourth-order valence-electron chi connectivity index (χ4n) is 2.91. The number of hydrogen-bond acceptors (Lipinski definition) is 1. The van der Waals surface area contributed by atoms with E-state index in [4.69, 9.17) is 17.3 Å². The molecule has 0 aromatic heterocycles. The fourth-order valence-corrected chi connectivity index (χ4v) is 3.28. The van der Waals surface area contributed by atoms with E-state index in [2.05, 4.69) is 20.8 Å². The summed E-state index contributed by atoms with van der Waals surface area (Å²) in [4.78, 5) is 0. The summed E-state index contributed by atoms with van der Waals surface area (Å²) in [7, 11) is 0. The molecule has 1 saturated carbocycles. The van der Waals surface area contributed by atoms with Crippen LogP contribution < -0.4 is 5.73 Å². The molecule has 0 aliphatic heterocycles. The van der Waals surface area contributed by atoms with Gasteiger partial charge >= 0.3 is 0 Å². The second-order valence-corrected chi connectivity index (χ2v) is 6.99. The molecule has 0 saturated heterocycles. The van der Waals surface area contributed by atoms with Crippen molar-refractivity contribution in [3.8, 4) is 0 Å². The summed E-state index contributed by atoms with van der Waals surface area (Å²) in [6, 6.07) is 4.66. The maximum absolute atomic E-state index is 13.1. The number of rotatable bonds is 2. The van der Waals surface area contributed by atoms with Gasteiger partial charge < -0.3 is 5.73 Å². The first-order chi connectivity index (χ1) is 8.28. The number of hydrogen-bond donors (Lipinski definition) is 1. The summed E-state index contributed by atoms with van der Waals surface area (Å²) in [5.41, 5.74) is 7.21. The highest BCUT2D eigenvalue weighted by molar-refractivity contribution is 6.31. The van der Waals surface area contributed by atoms with Gasteiger partial charge in [0.25, 0.3) is 0 Å². The van der Waals surface area contributed by atoms with E-state index in [-0.39, 0.29) is 11.2 Å². The third-order valence-corrected chi connectivity index (χ3v) is 4.70. The molecule has 0 amide bonds. The Labute approximate surface area is 114 Å². The van der Waals surface area contributed by atoms with Crippen LogP contribution in [-0.4, -0.2) is 6.54 Å². The van der Waals surface area contributed by atoms with Gasteiger partial charge in [0.1, 0.15) is 5.82 Å². The SMILES string of the molecule is CC(C)(C)C1CC(CN)(c2ccc(F)cc2Cl)C1. The lowest BCUT2D eigenvalue weighted by molar-refractivity contribution is 0.0504. The van der Waals surface area contributed by atoms with E-state index in [9.17, 15) is 4.39 Å². The van der Waals surface area contributed by atoms with Crippen LogP contribution in [0.4, 0.5) is 4.39 Å². The van der Waals surface area contributed by atoms with E-state index < -0.39 is 0 Å². The normalized spacial score (nSPS) is 28.0. The molecule has 0 atom stereocenters. The molecule has 0 heterocycles. The van der Waals surface area contributed by atoms with Gasteiger partial charge in [-0.3, -0.25) is 0 Å². The van der Waals surface area contributed by atoms with Crippen LogP contribution in [0.5, 0.6) is 0 Å². The molecule has 1 aromatic rings. The molecule has 2 N–H and O–H groups in total. The second kappa shape index (κ2) is 4.50. The van der Waals surface area contributed by atoms with Crippen molar-refractivity contribution < 1.29 is 4.39 Å². The summed E-state index contributed by atoms with van der Waals surface area (Å²) in [6.07, 6.45) is 2.08. The Hall–Kier alpha value is -0.600. The van der Waals surface area contributed by atoms with Crippen LogP contribution in [0.25, 0.3) is 0 Å². The van der Waals surface area contributed by atoms with Gasteiger partial charge in [-0.15, -0.1) is 0 Å². The highest BCUT2D eigenvalue weighted by Crippen LogP contribution is 2.55.